The molecule has 0 radical (unpaired) electrons. The van der Waals surface area contributed by atoms with Gasteiger partial charge in [0.25, 0.3) is 0 Å². The third kappa shape index (κ3) is 4.10. The lowest BCUT2D eigenvalue weighted by molar-refractivity contribution is -0.192. The highest BCUT2D eigenvalue weighted by molar-refractivity contribution is 5.92. The summed E-state index contributed by atoms with van der Waals surface area (Å²) in [6, 6.07) is 9.63. The van der Waals surface area contributed by atoms with Crippen LogP contribution in [0.3, 0.4) is 0 Å². The number of oxime groups is 1. The second-order valence-electron chi connectivity index (χ2n) is 12.1. The number of ether oxygens (including phenoxy) is 1. The van der Waals surface area contributed by atoms with Gasteiger partial charge in [-0.05, 0) is 73.3 Å². The van der Waals surface area contributed by atoms with Crippen LogP contribution in [0.1, 0.15) is 64.4 Å². The molecule has 200 valence electrons. The van der Waals surface area contributed by atoms with E-state index in [1.54, 1.807) is 0 Å². The van der Waals surface area contributed by atoms with Crippen LogP contribution in [0.5, 0.6) is 0 Å². The number of benzene rings is 1. The van der Waals surface area contributed by atoms with Gasteiger partial charge in [-0.2, -0.15) is 0 Å². The number of Topliss-reactive ketones (excluding diaryl/α,β-unsaturated/α-hetero) is 1. The van der Waals surface area contributed by atoms with E-state index in [0.29, 0.717) is 31.4 Å². The highest BCUT2D eigenvalue weighted by Crippen LogP contribution is 2.68. The van der Waals surface area contributed by atoms with E-state index >= 15 is 0 Å². The van der Waals surface area contributed by atoms with Crippen molar-refractivity contribution in [3.05, 3.63) is 47.5 Å². The van der Waals surface area contributed by atoms with Gasteiger partial charge in [-0.1, -0.05) is 54.9 Å². The minimum atomic E-state index is -1.26. The molecule has 5 rings (SSSR count). The van der Waals surface area contributed by atoms with Gasteiger partial charge < -0.3 is 20.2 Å². The number of hydrogen-bond donors (Lipinski definition) is 3. The first-order chi connectivity index (χ1) is 17.7. The summed E-state index contributed by atoms with van der Waals surface area (Å²) >= 11 is 0. The minimum absolute atomic E-state index is 0.0314. The molecule has 1 aromatic carbocycles. The molecule has 7 heteroatoms. The van der Waals surface area contributed by atoms with E-state index in [1.807, 2.05) is 43.3 Å². The van der Waals surface area contributed by atoms with E-state index in [9.17, 15) is 25.0 Å². The van der Waals surface area contributed by atoms with E-state index in [2.05, 4.69) is 12.1 Å². The fraction of sp³-hybridized carbons (Fsp3) is 0.633. The van der Waals surface area contributed by atoms with Crippen LogP contribution in [0.15, 0.2) is 47.1 Å². The molecule has 4 aliphatic rings. The smallest absolute Gasteiger partial charge is 0.190 e. The molecule has 0 aliphatic heterocycles. The summed E-state index contributed by atoms with van der Waals surface area (Å²) in [7, 11) is 0. The maximum absolute atomic E-state index is 13.4. The van der Waals surface area contributed by atoms with Crippen LogP contribution in [-0.4, -0.2) is 57.6 Å². The van der Waals surface area contributed by atoms with Gasteiger partial charge in [0.2, 0.25) is 0 Å². The molecule has 0 saturated heterocycles. The van der Waals surface area contributed by atoms with Crippen molar-refractivity contribution in [3.63, 3.8) is 0 Å². The molecule has 7 nitrogen and oxygen atoms in total. The number of allylic oxidation sites excluding steroid dienone is 1. The molecular formula is C30H39NO6. The Balaban J connectivity index is 1.43. The zero-order valence-corrected chi connectivity index (χ0v) is 21.9. The molecule has 37 heavy (non-hydrogen) atoms. The summed E-state index contributed by atoms with van der Waals surface area (Å²) in [5.41, 5.74) is 0.414. The third-order valence-corrected chi connectivity index (χ3v) is 10.5. The SMILES string of the molecule is C[C@]12CCC(=O)C=C1CC[C@@H]1[C@@H]2[C@@H](O)C[C@@]2(C)[C@H]1CC[C@]2(OCC(Cc1ccccc1)=NO)C(=O)CO. The zero-order valence-electron chi connectivity index (χ0n) is 21.9. The molecule has 4 aliphatic carbocycles. The number of fused-ring (bicyclic) bond motifs is 5. The van der Waals surface area contributed by atoms with Crippen molar-refractivity contribution in [2.45, 2.75) is 76.9 Å². The highest BCUT2D eigenvalue weighted by atomic mass is 16.5. The Kier molecular flexibility index (Phi) is 6.92. The van der Waals surface area contributed by atoms with Crippen molar-refractivity contribution in [1.29, 1.82) is 0 Å². The Morgan fingerprint density at radius 3 is 2.59 bits per heavy atom. The summed E-state index contributed by atoms with van der Waals surface area (Å²) in [6.07, 6.45) is 6.17. The van der Waals surface area contributed by atoms with Crippen LogP contribution in [0.2, 0.25) is 0 Å². The maximum atomic E-state index is 13.4. The number of rotatable bonds is 7. The van der Waals surface area contributed by atoms with Gasteiger partial charge in [-0.15, -0.1) is 0 Å². The second kappa shape index (κ2) is 9.75. The van der Waals surface area contributed by atoms with Gasteiger partial charge >= 0.3 is 0 Å². The number of aliphatic hydroxyl groups excluding tert-OH is 2. The van der Waals surface area contributed by atoms with Gasteiger partial charge in [0.1, 0.15) is 12.2 Å². The molecule has 0 unspecified atom stereocenters. The molecule has 7 atom stereocenters. The van der Waals surface area contributed by atoms with Gasteiger partial charge in [0, 0.05) is 18.3 Å². The topological polar surface area (TPSA) is 116 Å². The zero-order chi connectivity index (χ0) is 26.4. The summed E-state index contributed by atoms with van der Waals surface area (Å²) in [5.74, 6) is 0.199. The fourth-order valence-electron chi connectivity index (χ4n) is 8.73. The maximum Gasteiger partial charge on any atom is 0.190 e. The molecular weight excluding hydrogens is 470 g/mol. The van der Waals surface area contributed by atoms with Gasteiger partial charge in [0.05, 0.1) is 18.4 Å². The second-order valence-corrected chi connectivity index (χ2v) is 12.1. The van der Waals surface area contributed by atoms with Gasteiger partial charge in [-0.3, -0.25) is 9.59 Å². The number of nitrogens with zero attached hydrogens (tertiary/aromatic N) is 1. The van der Waals surface area contributed by atoms with Gasteiger partial charge in [-0.25, -0.2) is 0 Å². The molecule has 3 N–H and O–H groups in total. The Labute approximate surface area is 218 Å². The molecule has 0 bridgehead atoms. The molecule has 0 heterocycles. The quantitative estimate of drug-likeness (QED) is 0.292. The normalized spacial score (nSPS) is 39.4. The van der Waals surface area contributed by atoms with Crippen LogP contribution in [-0.2, 0) is 20.7 Å². The summed E-state index contributed by atoms with van der Waals surface area (Å²) in [6.45, 7) is 3.59. The van der Waals surface area contributed by atoms with Crippen molar-refractivity contribution in [2.75, 3.05) is 13.2 Å². The largest absolute Gasteiger partial charge is 0.411 e. The molecule has 3 fully saturated rings. The number of ketones is 2. The molecule has 0 amide bonds. The Morgan fingerprint density at radius 1 is 1.14 bits per heavy atom. The van der Waals surface area contributed by atoms with Crippen molar-refractivity contribution in [3.8, 4) is 0 Å². The van der Waals surface area contributed by atoms with Crippen LogP contribution in [0.25, 0.3) is 0 Å². The Hall–Kier alpha value is -2.35. The average Bonchev–Trinajstić information content (AvgIpc) is 3.19. The van der Waals surface area contributed by atoms with Crippen molar-refractivity contribution in [2.24, 2.45) is 33.7 Å². The van der Waals surface area contributed by atoms with Crippen molar-refractivity contribution >= 4 is 17.3 Å². The van der Waals surface area contributed by atoms with Crippen LogP contribution in [0.4, 0.5) is 0 Å². The first-order valence-electron chi connectivity index (χ1n) is 13.6. The standard InChI is InChI=1S/C30H39NO6/c1-28-12-10-22(33)15-20(28)8-9-23-24-11-13-30(26(35)17-32,29(24,2)16-25(34)27(23)28)37-18-21(31-36)14-19-6-4-3-5-7-19/h3-7,15,23-25,27,32,34,36H,8-14,16-18H2,1-2H3/t23-,24-,25-,27+,28-,29-,30-/m0/s1. The average molecular weight is 510 g/mol. The van der Waals surface area contributed by atoms with Crippen LogP contribution >= 0.6 is 0 Å². The lowest BCUT2D eigenvalue weighted by atomic mass is 9.45. The Morgan fingerprint density at radius 2 is 1.89 bits per heavy atom. The van der Waals surface area contributed by atoms with Crippen molar-refractivity contribution < 1.29 is 29.7 Å². The highest BCUT2D eigenvalue weighted by Gasteiger charge is 2.69. The van der Waals surface area contributed by atoms with E-state index in [1.165, 1.54) is 5.57 Å². The summed E-state index contributed by atoms with van der Waals surface area (Å²) < 4.78 is 6.45. The molecule has 0 aromatic heterocycles. The number of aliphatic hydroxyl groups is 2. The van der Waals surface area contributed by atoms with E-state index in [0.717, 1.165) is 31.2 Å². The monoisotopic (exact) mass is 509 g/mol. The predicted octanol–water partition coefficient (Wildman–Crippen LogP) is 3.88. The van der Waals surface area contributed by atoms with Crippen LogP contribution < -0.4 is 0 Å². The predicted molar refractivity (Wildman–Crippen MR) is 138 cm³/mol. The van der Waals surface area contributed by atoms with E-state index in [-0.39, 0.29) is 41.3 Å². The number of carbonyl (C=O) groups is 2. The van der Waals surface area contributed by atoms with Crippen LogP contribution in [0, 0.1) is 28.6 Å². The molecule has 0 spiro atoms. The van der Waals surface area contributed by atoms with Gasteiger partial charge in [0.15, 0.2) is 11.6 Å². The van der Waals surface area contributed by atoms with E-state index < -0.39 is 23.7 Å². The fourth-order valence-corrected chi connectivity index (χ4v) is 8.73. The Bertz CT molecular complexity index is 1110. The number of hydrogen-bond acceptors (Lipinski definition) is 7. The molecule has 3 saturated carbocycles. The summed E-state index contributed by atoms with van der Waals surface area (Å²) in [4.78, 5) is 25.6. The number of carbonyl (C=O) groups excluding carboxylic acids is 2. The first-order valence-corrected chi connectivity index (χ1v) is 13.6. The first kappa shape index (κ1) is 26.3. The lowest BCUT2D eigenvalue weighted by Gasteiger charge is -2.61. The van der Waals surface area contributed by atoms with Crippen molar-refractivity contribution in [1.82, 2.24) is 0 Å². The molecule has 1 aromatic rings. The minimum Gasteiger partial charge on any atom is -0.411 e. The third-order valence-electron chi connectivity index (χ3n) is 10.5. The van der Waals surface area contributed by atoms with E-state index in [4.69, 9.17) is 4.74 Å². The summed E-state index contributed by atoms with van der Waals surface area (Å²) in [5, 5.41) is 34.9. The lowest BCUT2D eigenvalue weighted by Crippen LogP contribution is -2.63.